The molecule has 92 valence electrons. The Kier molecular flexibility index (Phi) is 10.0. The van der Waals surface area contributed by atoms with Crippen molar-refractivity contribution in [2.75, 3.05) is 33.8 Å². The standard InChI is InChI=1S/C11H17ClNO2.HI/c1-5-8-15-11(14)9-13(3,4)7-6-10(2)12;/h1,6H,7-9H2,2-4H3;1H/q+1;/p-1/b10-6-;. The van der Waals surface area contributed by atoms with Gasteiger partial charge in [0.05, 0.1) is 20.6 Å². The van der Waals surface area contributed by atoms with Crippen molar-refractivity contribution >= 4 is 17.6 Å². The normalized spacial score (nSPS) is 11.3. The summed E-state index contributed by atoms with van der Waals surface area (Å²) in [7, 11) is 3.85. The number of terminal acetylenes is 1. The number of likely N-dealkylation sites (N-methyl/N-ethyl adjacent to an activating group) is 1. The fourth-order valence-electron chi connectivity index (χ4n) is 0.955. The maximum absolute atomic E-state index is 11.3. The van der Waals surface area contributed by atoms with Crippen molar-refractivity contribution in [3.63, 3.8) is 0 Å². The first-order valence-electron chi connectivity index (χ1n) is 4.61. The largest absolute Gasteiger partial charge is 1.00 e. The van der Waals surface area contributed by atoms with Gasteiger partial charge in [0.25, 0.3) is 0 Å². The van der Waals surface area contributed by atoms with Crippen LogP contribution in [-0.4, -0.2) is 44.2 Å². The molecule has 0 atom stereocenters. The van der Waals surface area contributed by atoms with Crippen molar-refractivity contribution in [2.24, 2.45) is 0 Å². The van der Waals surface area contributed by atoms with Gasteiger partial charge in [0.1, 0.15) is 0 Å². The lowest BCUT2D eigenvalue weighted by Crippen LogP contribution is -3.00. The minimum atomic E-state index is -0.293. The SMILES string of the molecule is C#CCOC(=O)C[N+](C)(C)C/C=C(/C)Cl.[I-]. The van der Waals surface area contributed by atoms with Crippen molar-refractivity contribution in [1.82, 2.24) is 0 Å². The van der Waals surface area contributed by atoms with Crippen molar-refractivity contribution < 1.29 is 38.0 Å². The maximum Gasteiger partial charge on any atom is 0.362 e. The van der Waals surface area contributed by atoms with E-state index in [-0.39, 0.29) is 43.1 Å². The monoisotopic (exact) mass is 357 g/mol. The van der Waals surface area contributed by atoms with Crippen LogP contribution in [0.25, 0.3) is 0 Å². The average molecular weight is 358 g/mol. The third-order valence-electron chi connectivity index (χ3n) is 1.74. The number of carbonyl (C=O) groups excluding carboxylic acids is 1. The molecular weight excluding hydrogens is 340 g/mol. The predicted octanol–water partition coefficient (Wildman–Crippen LogP) is -1.61. The summed E-state index contributed by atoms with van der Waals surface area (Å²) in [5, 5.41) is 0.721. The van der Waals surface area contributed by atoms with Crippen LogP contribution >= 0.6 is 11.6 Å². The second kappa shape index (κ2) is 8.85. The van der Waals surface area contributed by atoms with Gasteiger partial charge in [0, 0.05) is 5.03 Å². The second-order valence-electron chi connectivity index (χ2n) is 3.93. The average Bonchev–Trinajstić information content (AvgIpc) is 2.11. The highest BCUT2D eigenvalue weighted by Crippen LogP contribution is 2.03. The summed E-state index contributed by atoms with van der Waals surface area (Å²) in [5.41, 5.74) is 0. The van der Waals surface area contributed by atoms with E-state index in [1.54, 1.807) is 6.92 Å². The molecule has 0 bridgehead atoms. The summed E-state index contributed by atoms with van der Waals surface area (Å²) in [5.74, 6) is 1.96. The zero-order valence-electron chi connectivity index (χ0n) is 9.80. The molecule has 0 aliphatic heterocycles. The number of ether oxygens (including phenoxy) is 1. The summed E-state index contributed by atoms with van der Waals surface area (Å²) in [4.78, 5) is 11.3. The molecule has 0 heterocycles. The number of halogens is 2. The van der Waals surface area contributed by atoms with Crippen LogP contribution in [0.3, 0.4) is 0 Å². The Balaban J connectivity index is 0. The Bertz CT molecular complexity index is 291. The van der Waals surface area contributed by atoms with E-state index in [1.807, 2.05) is 20.2 Å². The van der Waals surface area contributed by atoms with Gasteiger partial charge in [-0.1, -0.05) is 17.5 Å². The molecule has 0 aliphatic rings. The van der Waals surface area contributed by atoms with Crippen LogP contribution in [0.1, 0.15) is 6.92 Å². The predicted molar refractivity (Wildman–Crippen MR) is 61.2 cm³/mol. The zero-order valence-corrected chi connectivity index (χ0v) is 12.7. The van der Waals surface area contributed by atoms with Gasteiger partial charge in [-0.15, -0.1) is 6.42 Å². The Labute approximate surface area is 119 Å². The Morgan fingerprint density at radius 2 is 2.12 bits per heavy atom. The van der Waals surface area contributed by atoms with Gasteiger partial charge < -0.3 is 33.2 Å². The number of hydrogen-bond acceptors (Lipinski definition) is 2. The molecule has 0 spiro atoms. The van der Waals surface area contributed by atoms with E-state index in [1.165, 1.54) is 0 Å². The third kappa shape index (κ3) is 10.3. The van der Waals surface area contributed by atoms with Crippen molar-refractivity contribution in [3.8, 4) is 12.3 Å². The number of allylic oxidation sites excluding steroid dienone is 1. The van der Waals surface area contributed by atoms with E-state index in [0.29, 0.717) is 11.0 Å². The number of carbonyl (C=O) groups is 1. The van der Waals surface area contributed by atoms with E-state index in [2.05, 4.69) is 5.92 Å². The van der Waals surface area contributed by atoms with Gasteiger partial charge in [-0.25, -0.2) is 4.79 Å². The van der Waals surface area contributed by atoms with Crippen molar-refractivity contribution in [2.45, 2.75) is 6.92 Å². The number of esters is 1. The lowest BCUT2D eigenvalue weighted by molar-refractivity contribution is -0.877. The van der Waals surface area contributed by atoms with E-state index in [0.717, 1.165) is 5.03 Å². The zero-order chi connectivity index (χ0) is 11.9. The van der Waals surface area contributed by atoms with E-state index >= 15 is 0 Å². The molecule has 0 aliphatic carbocycles. The molecular formula is C11H17ClINO2. The van der Waals surface area contributed by atoms with Crippen LogP contribution in [0, 0.1) is 12.3 Å². The lowest BCUT2D eigenvalue weighted by atomic mass is 10.4. The number of rotatable bonds is 5. The van der Waals surface area contributed by atoms with Crippen LogP contribution in [-0.2, 0) is 9.53 Å². The third-order valence-corrected chi connectivity index (χ3v) is 1.89. The highest BCUT2D eigenvalue weighted by Gasteiger charge is 2.19. The van der Waals surface area contributed by atoms with Crippen LogP contribution < -0.4 is 24.0 Å². The Hall–Kier alpha value is -0.250. The van der Waals surface area contributed by atoms with Crippen LogP contribution in [0.15, 0.2) is 11.1 Å². The number of nitrogens with zero attached hydrogens (tertiary/aromatic N) is 1. The molecule has 0 rings (SSSR count). The molecule has 0 saturated carbocycles. The van der Waals surface area contributed by atoms with Gasteiger partial charge in [-0.05, 0) is 13.0 Å². The van der Waals surface area contributed by atoms with Gasteiger partial charge in [-0.3, -0.25) is 0 Å². The second-order valence-corrected chi connectivity index (χ2v) is 4.53. The molecule has 0 radical (unpaired) electrons. The van der Waals surface area contributed by atoms with E-state index in [9.17, 15) is 4.79 Å². The van der Waals surface area contributed by atoms with Crippen LogP contribution in [0.4, 0.5) is 0 Å². The quantitative estimate of drug-likeness (QED) is 0.256. The molecule has 0 fully saturated rings. The van der Waals surface area contributed by atoms with Crippen molar-refractivity contribution in [3.05, 3.63) is 11.1 Å². The molecule has 0 amide bonds. The fraction of sp³-hybridized carbons (Fsp3) is 0.545. The first-order valence-corrected chi connectivity index (χ1v) is 4.98. The van der Waals surface area contributed by atoms with Gasteiger partial charge in [0.2, 0.25) is 0 Å². The van der Waals surface area contributed by atoms with Crippen LogP contribution in [0.5, 0.6) is 0 Å². The molecule has 16 heavy (non-hydrogen) atoms. The van der Waals surface area contributed by atoms with Crippen molar-refractivity contribution in [1.29, 1.82) is 0 Å². The summed E-state index contributed by atoms with van der Waals surface area (Å²) in [6.07, 6.45) is 6.85. The first kappa shape index (κ1) is 18.1. The fourth-order valence-corrected chi connectivity index (χ4v) is 1.02. The minimum absolute atomic E-state index is 0. The molecule has 3 nitrogen and oxygen atoms in total. The molecule has 0 saturated heterocycles. The molecule has 0 aromatic heterocycles. The Morgan fingerprint density at radius 3 is 2.56 bits per heavy atom. The first-order chi connectivity index (χ1) is 6.87. The highest BCUT2D eigenvalue weighted by molar-refractivity contribution is 6.29. The lowest BCUT2D eigenvalue weighted by Gasteiger charge is -2.26. The molecule has 0 unspecified atom stereocenters. The summed E-state index contributed by atoms with van der Waals surface area (Å²) < 4.78 is 5.28. The molecule has 0 aromatic rings. The molecule has 0 N–H and O–H groups in total. The summed E-state index contributed by atoms with van der Waals surface area (Å²) >= 11 is 5.71. The van der Waals surface area contributed by atoms with Crippen LogP contribution in [0.2, 0.25) is 0 Å². The maximum atomic E-state index is 11.3. The molecule has 5 heteroatoms. The minimum Gasteiger partial charge on any atom is -1.00 e. The van der Waals surface area contributed by atoms with Gasteiger partial charge >= 0.3 is 5.97 Å². The summed E-state index contributed by atoms with van der Waals surface area (Å²) in [6, 6.07) is 0. The molecule has 0 aromatic carbocycles. The van der Waals surface area contributed by atoms with Gasteiger partial charge in [-0.2, -0.15) is 0 Å². The Morgan fingerprint density at radius 1 is 1.56 bits per heavy atom. The van der Waals surface area contributed by atoms with E-state index < -0.39 is 0 Å². The smallest absolute Gasteiger partial charge is 0.362 e. The number of quaternary nitrogens is 1. The van der Waals surface area contributed by atoms with Gasteiger partial charge in [0.15, 0.2) is 13.2 Å². The van der Waals surface area contributed by atoms with E-state index in [4.69, 9.17) is 22.8 Å². The topological polar surface area (TPSA) is 26.3 Å². The highest BCUT2D eigenvalue weighted by atomic mass is 127. The summed E-state index contributed by atoms with van der Waals surface area (Å²) in [6.45, 7) is 2.80. The number of hydrogen-bond donors (Lipinski definition) is 0.